The molecule has 1 aliphatic rings. The van der Waals surface area contributed by atoms with Crippen molar-refractivity contribution >= 4 is 21.6 Å². The first kappa shape index (κ1) is 26.7. The van der Waals surface area contributed by atoms with Crippen molar-refractivity contribution in [2.75, 3.05) is 18.5 Å². The van der Waals surface area contributed by atoms with Gasteiger partial charge < -0.3 is 14.8 Å². The molecule has 1 N–H and O–H groups in total. The number of anilines is 1. The van der Waals surface area contributed by atoms with E-state index < -0.39 is 10.0 Å². The molecule has 0 aliphatic heterocycles. The molecule has 0 atom stereocenters. The average Bonchev–Trinajstić information content (AvgIpc) is 2.93. The fourth-order valence-electron chi connectivity index (χ4n) is 4.51. The van der Waals surface area contributed by atoms with Crippen LogP contribution < -0.4 is 14.8 Å². The molecule has 1 fully saturated rings. The number of nitrogens with one attached hydrogen (secondary N) is 1. The van der Waals surface area contributed by atoms with Gasteiger partial charge in [0.25, 0.3) is 0 Å². The zero-order valence-corrected chi connectivity index (χ0v) is 22.0. The van der Waals surface area contributed by atoms with Gasteiger partial charge in [0.1, 0.15) is 18.1 Å². The largest absolute Gasteiger partial charge is 0.494 e. The van der Waals surface area contributed by atoms with E-state index in [1.165, 1.54) is 4.31 Å². The van der Waals surface area contributed by atoms with Crippen LogP contribution in [0.5, 0.6) is 11.5 Å². The summed E-state index contributed by atoms with van der Waals surface area (Å²) in [5.41, 5.74) is 1.65. The third-order valence-corrected chi connectivity index (χ3v) is 8.32. The molecule has 0 unspecified atom stereocenters. The van der Waals surface area contributed by atoms with Gasteiger partial charge in [-0.3, -0.25) is 4.79 Å². The van der Waals surface area contributed by atoms with Crippen LogP contribution in [0.4, 0.5) is 5.69 Å². The maximum absolute atomic E-state index is 13.6. The maximum atomic E-state index is 13.6. The first-order chi connectivity index (χ1) is 18.0. The minimum Gasteiger partial charge on any atom is -0.494 e. The van der Waals surface area contributed by atoms with Gasteiger partial charge in [-0.2, -0.15) is 4.31 Å². The summed E-state index contributed by atoms with van der Waals surface area (Å²) < 4.78 is 39.8. The molecule has 1 amide bonds. The molecule has 0 bridgehead atoms. The number of nitrogens with zero attached hydrogens (tertiary/aromatic N) is 1. The minimum atomic E-state index is -3.86. The molecule has 4 rings (SSSR count). The van der Waals surface area contributed by atoms with E-state index in [2.05, 4.69) is 5.32 Å². The molecule has 7 nitrogen and oxygen atoms in total. The lowest BCUT2D eigenvalue weighted by Crippen LogP contribution is -2.45. The van der Waals surface area contributed by atoms with E-state index in [-0.39, 0.29) is 23.4 Å². The van der Waals surface area contributed by atoms with Crippen LogP contribution in [0.2, 0.25) is 0 Å². The van der Waals surface area contributed by atoms with Crippen LogP contribution in [0.1, 0.15) is 44.6 Å². The number of rotatable bonds is 11. The van der Waals surface area contributed by atoms with Crippen molar-refractivity contribution in [2.24, 2.45) is 0 Å². The summed E-state index contributed by atoms with van der Waals surface area (Å²) >= 11 is 0. The maximum Gasteiger partial charge on any atom is 0.243 e. The highest BCUT2D eigenvalue weighted by Crippen LogP contribution is 2.29. The lowest BCUT2D eigenvalue weighted by atomic mass is 9.95. The molecule has 0 aromatic heterocycles. The van der Waals surface area contributed by atoms with E-state index in [9.17, 15) is 13.2 Å². The smallest absolute Gasteiger partial charge is 0.243 e. The number of amides is 1. The Morgan fingerprint density at radius 3 is 2.14 bits per heavy atom. The molecular formula is C29H34N2O5S. The zero-order chi connectivity index (χ0) is 26.1. The Bertz CT molecular complexity index is 1240. The van der Waals surface area contributed by atoms with Crippen LogP contribution >= 0.6 is 0 Å². The fourth-order valence-corrected chi connectivity index (χ4v) is 6.15. The molecule has 0 radical (unpaired) electrons. The summed E-state index contributed by atoms with van der Waals surface area (Å²) in [6, 6.07) is 23.1. The van der Waals surface area contributed by atoms with Crippen molar-refractivity contribution in [3.8, 4) is 11.5 Å². The molecule has 1 aliphatic carbocycles. The van der Waals surface area contributed by atoms with Crippen LogP contribution in [-0.4, -0.2) is 37.8 Å². The predicted octanol–water partition coefficient (Wildman–Crippen LogP) is 5.63. The van der Waals surface area contributed by atoms with Crippen LogP contribution in [0.3, 0.4) is 0 Å². The normalized spacial score (nSPS) is 14.3. The Hall–Kier alpha value is -3.36. The van der Waals surface area contributed by atoms with Crippen molar-refractivity contribution in [1.29, 1.82) is 0 Å². The highest BCUT2D eigenvalue weighted by molar-refractivity contribution is 7.89. The molecule has 8 heteroatoms. The van der Waals surface area contributed by atoms with Gasteiger partial charge in [0.05, 0.1) is 18.0 Å². The Labute approximate surface area is 219 Å². The van der Waals surface area contributed by atoms with Crippen molar-refractivity contribution in [3.63, 3.8) is 0 Å². The SMILES string of the molecule is CCOc1ccc(S(=O)(=O)N(CC(=O)Nc2ccc(OCc3ccccc3)cc2)C2CCCCC2)cc1. The summed E-state index contributed by atoms with van der Waals surface area (Å²) in [6.45, 7) is 2.58. The van der Waals surface area contributed by atoms with E-state index in [1.807, 2.05) is 37.3 Å². The van der Waals surface area contributed by atoms with Gasteiger partial charge in [0, 0.05) is 11.7 Å². The topological polar surface area (TPSA) is 84.9 Å². The van der Waals surface area contributed by atoms with Crippen LogP contribution in [0.25, 0.3) is 0 Å². The number of sulfonamides is 1. The average molecular weight is 523 g/mol. The molecule has 196 valence electrons. The van der Waals surface area contributed by atoms with Crippen molar-refractivity contribution < 1.29 is 22.7 Å². The first-order valence-corrected chi connectivity index (χ1v) is 14.2. The van der Waals surface area contributed by atoms with Gasteiger partial charge in [-0.05, 0) is 73.9 Å². The molecule has 0 heterocycles. The fraction of sp³-hybridized carbons (Fsp3) is 0.345. The van der Waals surface area contributed by atoms with Crippen LogP contribution in [0, 0.1) is 0 Å². The molecular weight excluding hydrogens is 488 g/mol. The third-order valence-electron chi connectivity index (χ3n) is 6.41. The predicted molar refractivity (Wildman–Crippen MR) is 144 cm³/mol. The molecule has 3 aromatic carbocycles. The van der Waals surface area contributed by atoms with Gasteiger partial charge in [0.15, 0.2) is 0 Å². The number of hydrogen-bond donors (Lipinski definition) is 1. The Morgan fingerprint density at radius 2 is 1.49 bits per heavy atom. The zero-order valence-electron chi connectivity index (χ0n) is 21.1. The number of hydrogen-bond acceptors (Lipinski definition) is 5. The van der Waals surface area contributed by atoms with Crippen molar-refractivity contribution in [3.05, 3.63) is 84.4 Å². The standard InChI is InChI=1S/C29H34N2O5S/c1-2-35-26-17-19-28(20-18-26)37(33,34)31(25-11-7-4-8-12-25)21-29(32)30-24-13-15-27(16-14-24)36-22-23-9-5-3-6-10-23/h3,5-6,9-10,13-20,25H,2,4,7-8,11-12,21-22H2,1H3,(H,30,32). The highest BCUT2D eigenvalue weighted by Gasteiger charge is 2.34. The minimum absolute atomic E-state index is 0.161. The van der Waals surface area contributed by atoms with E-state index in [1.54, 1.807) is 48.5 Å². The summed E-state index contributed by atoms with van der Waals surface area (Å²) in [7, 11) is -3.86. The molecule has 37 heavy (non-hydrogen) atoms. The molecule has 0 saturated heterocycles. The van der Waals surface area contributed by atoms with Crippen molar-refractivity contribution in [2.45, 2.75) is 56.6 Å². The summed E-state index contributed by atoms with van der Waals surface area (Å²) in [5, 5.41) is 2.84. The monoisotopic (exact) mass is 522 g/mol. The van der Waals surface area contributed by atoms with Crippen LogP contribution in [-0.2, 0) is 21.4 Å². The van der Waals surface area contributed by atoms with Gasteiger partial charge in [-0.15, -0.1) is 0 Å². The van der Waals surface area contributed by atoms with E-state index >= 15 is 0 Å². The summed E-state index contributed by atoms with van der Waals surface area (Å²) in [5.74, 6) is 0.918. The number of carbonyl (C=O) groups excluding carboxylic acids is 1. The van der Waals surface area contributed by atoms with E-state index in [0.29, 0.717) is 30.4 Å². The van der Waals surface area contributed by atoms with Crippen molar-refractivity contribution in [1.82, 2.24) is 4.31 Å². The summed E-state index contributed by atoms with van der Waals surface area (Å²) in [4.78, 5) is 13.2. The van der Waals surface area contributed by atoms with Crippen LogP contribution in [0.15, 0.2) is 83.8 Å². The second kappa shape index (κ2) is 12.7. The van der Waals surface area contributed by atoms with Gasteiger partial charge >= 0.3 is 0 Å². The molecule has 3 aromatic rings. The first-order valence-electron chi connectivity index (χ1n) is 12.8. The molecule has 1 saturated carbocycles. The molecule has 0 spiro atoms. The lowest BCUT2D eigenvalue weighted by molar-refractivity contribution is -0.116. The quantitative estimate of drug-likeness (QED) is 0.353. The van der Waals surface area contributed by atoms with Gasteiger partial charge in [-0.25, -0.2) is 8.42 Å². The second-order valence-electron chi connectivity index (χ2n) is 9.09. The number of carbonyl (C=O) groups is 1. The lowest BCUT2D eigenvalue weighted by Gasteiger charge is -2.33. The Balaban J connectivity index is 1.42. The Kier molecular flexibility index (Phi) is 9.19. The highest BCUT2D eigenvalue weighted by atomic mass is 32.2. The third kappa shape index (κ3) is 7.33. The van der Waals surface area contributed by atoms with Gasteiger partial charge in [-0.1, -0.05) is 49.6 Å². The van der Waals surface area contributed by atoms with E-state index in [4.69, 9.17) is 9.47 Å². The van der Waals surface area contributed by atoms with E-state index in [0.717, 1.165) is 37.7 Å². The number of benzene rings is 3. The second-order valence-corrected chi connectivity index (χ2v) is 11.0. The van der Waals surface area contributed by atoms with Gasteiger partial charge in [0.2, 0.25) is 15.9 Å². The number of ether oxygens (including phenoxy) is 2. The Morgan fingerprint density at radius 1 is 0.865 bits per heavy atom. The summed E-state index contributed by atoms with van der Waals surface area (Å²) in [6.07, 6.45) is 4.48.